The zero-order chi connectivity index (χ0) is 21.1. The Morgan fingerprint density at radius 2 is 1.93 bits per heavy atom. The van der Waals surface area contributed by atoms with Crippen LogP contribution in [0.2, 0.25) is 0 Å². The van der Waals surface area contributed by atoms with E-state index in [0.29, 0.717) is 5.56 Å². The molecule has 1 heterocycles. The molecule has 1 aliphatic carbocycles. The molecule has 0 radical (unpaired) electrons. The molecule has 0 aliphatic heterocycles. The number of nitrogens with one attached hydrogen (secondary N) is 2. The highest BCUT2D eigenvalue weighted by Gasteiger charge is 2.23. The first-order valence-electron chi connectivity index (χ1n) is 9.89. The van der Waals surface area contributed by atoms with Gasteiger partial charge in [-0.15, -0.1) is 0 Å². The van der Waals surface area contributed by atoms with Crippen molar-refractivity contribution >= 4 is 11.9 Å². The number of hydrogen-bond acceptors (Lipinski definition) is 5. The van der Waals surface area contributed by atoms with Crippen molar-refractivity contribution < 1.29 is 19.1 Å². The second kappa shape index (κ2) is 8.41. The maximum absolute atomic E-state index is 12.2. The van der Waals surface area contributed by atoms with Gasteiger partial charge in [-0.25, -0.2) is 0 Å². The summed E-state index contributed by atoms with van der Waals surface area (Å²) >= 11 is 0. The van der Waals surface area contributed by atoms with E-state index in [9.17, 15) is 9.59 Å². The Morgan fingerprint density at radius 1 is 1.13 bits per heavy atom. The van der Waals surface area contributed by atoms with Crippen LogP contribution in [0.15, 0.2) is 42.5 Å². The van der Waals surface area contributed by atoms with E-state index in [1.807, 2.05) is 18.2 Å². The van der Waals surface area contributed by atoms with Gasteiger partial charge in [-0.2, -0.15) is 5.10 Å². The topological polar surface area (TPSA) is 93.3 Å². The maximum Gasteiger partial charge on any atom is 0.325 e. The minimum atomic E-state index is -0.455. The van der Waals surface area contributed by atoms with Gasteiger partial charge < -0.3 is 14.8 Å². The summed E-state index contributed by atoms with van der Waals surface area (Å²) in [5, 5.41) is 10.3. The van der Waals surface area contributed by atoms with E-state index in [2.05, 4.69) is 27.6 Å². The van der Waals surface area contributed by atoms with Crippen LogP contribution >= 0.6 is 0 Å². The number of rotatable bonds is 6. The van der Waals surface area contributed by atoms with Crippen LogP contribution in [0, 0.1) is 0 Å². The van der Waals surface area contributed by atoms with Gasteiger partial charge in [0.15, 0.2) is 0 Å². The summed E-state index contributed by atoms with van der Waals surface area (Å²) in [6, 6.07) is 13.3. The number of aromatic nitrogens is 2. The highest BCUT2D eigenvalue weighted by molar-refractivity contribution is 5.96. The number of aryl methyl sites for hydroxylation is 1. The second-order valence-corrected chi connectivity index (χ2v) is 7.01. The van der Waals surface area contributed by atoms with E-state index in [4.69, 9.17) is 9.47 Å². The SMILES string of the molecule is CCOC(=O)CNC(=O)c1ccc(-c2n[nH]c3c2CCc2cc(OC)ccc2-3)cc1. The number of methoxy groups -OCH3 is 1. The number of carbonyl (C=O) groups is 2. The summed E-state index contributed by atoms with van der Waals surface area (Å²) in [6.45, 7) is 1.86. The molecule has 4 rings (SSSR count). The molecule has 1 amide bonds. The van der Waals surface area contributed by atoms with Crippen LogP contribution in [0.4, 0.5) is 0 Å². The summed E-state index contributed by atoms with van der Waals surface area (Å²) in [5.41, 5.74) is 6.90. The predicted octanol–water partition coefficient (Wildman–Crippen LogP) is 3.14. The summed E-state index contributed by atoms with van der Waals surface area (Å²) < 4.78 is 10.1. The molecule has 30 heavy (non-hydrogen) atoms. The van der Waals surface area contributed by atoms with Crippen molar-refractivity contribution in [3.8, 4) is 28.3 Å². The zero-order valence-electron chi connectivity index (χ0n) is 17.0. The lowest BCUT2D eigenvalue weighted by Gasteiger charge is -2.17. The molecule has 0 atom stereocenters. The van der Waals surface area contributed by atoms with Crippen molar-refractivity contribution in [2.45, 2.75) is 19.8 Å². The van der Waals surface area contributed by atoms with Gasteiger partial charge in [-0.3, -0.25) is 14.7 Å². The fourth-order valence-corrected chi connectivity index (χ4v) is 3.72. The number of amides is 1. The Balaban J connectivity index is 1.53. The Hall–Kier alpha value is -3.61. The molecular formula is C23H23N3O4. The van der Waals surface area contributed by atoms with E-state index < -0.39 is 5.97 Å². The summed E-state index contributed by atoms with van der Waals surface area (Å²) in [4.78, 5) is 23.6. The first-order chi connectivity index (χ1) is 14.6. The predicted molar refractivity (Wildman–Crippen MR) is 112 cm³/mol. The van der Waals surface area contributed by atoms with E-state index in [0.717, 1.165) is 41.1 Å². The van der Waals surface area contributed by atoms with Crippen molar-refractivity contribution in [1.82, 2.24) is 15.5 Å². The number of benzene rings is 2. The smallest absolute Gasteiger partial charge is 0.325 e. The highest BCUT2D eigenvalue weighted by Crippen LogP contribution is 2.38. The van der Waals surface area contributed by atoms with Crippen molar-refractivity contribution in [1.29, 1.82) is 0 Å². The van der Waals surface area contributed by atoms with Crippen LogP contribution in [-0.4, -0.2) is 42.3 Å². The molecule has 154 valence electrons. The number of esters is 1. The van der Waals surface area contributed by atoms with Crippen molar-refractivity contribution in [2.24, 2.45) is 0 Å². The van der Waals surface area contributed by atoms with Gasteiger partial charge >= 0.3 is 5.97 Å². The number of H-pyrrole nitrogens is 1. The molecule has 1 aliphatic rings. The van der Waals surface area contributed by atoms with Gasteiger partial charge in [0.05, 0.1) is 25.1 Å². The fourth-order valence-electron chi connectivity index (χ4n) is 3.72. The van der Waals surface area contributed by atoms with E-state index in [1.165, 1.54) is 11.1 Å². The number of aromatic amines is 1. The van der Waals surface area contributed by atoms with Gasteiger partial charge in [0.1, 0.15) is 12.3 Å². The molecule has 0 spiro atoms. The number of fused-ring (bicyclic) bond motifs is 3. The third-order valence-corrected chi connectivity index (χ3v) is 5.21. The monoisotopic (exact) mass is 405 g/mol. The molecule has 2 aromatic carbocycles. The maximum atomic E-state index is 12.2. The molecule has 7 nitrogen and oxygen atoms in total. The van der Waals surface area contributed by atoms with Gasteiger partial charge in [-0.1, -0.05) is 12.1 Å². The number of carbonyl (C=O) groups excluding carboxylic acids is 2. The first-order valence-corrected chi connectivity index (χ1v) is 9.89. The number of ether oxygens (including phenoxy) is 2. The van der Waals surface area contributed by atoms with E-state index in [-0.39, 0.29) is 19.1 Å². The van der Waals surface area contributed by atoms with Crippen LogP contribution in [0.25, 0.3) is 22.5 Å². The molecule has 7 heteroatoms. The Labute approximate surface area is 174 Å². The van der Waals surface area contributed by atoms with Gasteiger partial charge in [0.25, 0.3) is 5.91 Å². The summed E-state index contributed by atoms with van der Waals surface area (Å²) in [7, 11) is 1.67. The molecule has 0 bridgehead atoms. The lowest BCUT2D eigenvalue weighted by Crippen LogP contribution is -2.30. The molecule has 0 saturated carbocycles. The van der Waals surface area contributed by atoms with Crippen LogP contribution in [0.1, 0.15) is 28.4 Å². The molecule has 0 fully saturated rings. The summed E-state index contributed by atoms with van der Waals surface area (Å²) in [5.74, 6) is 0.0822. The zero-order valence-corrected chi connectivity index (χ0v) is 17.0. The molecule has 2 N–H and O–H groups in total. The molecule has 3 aromatic rings. The molecule has 0 saturated heterocycles. The standard InChI is InChI=1S/C23H23N3O4/c1-3-30-20(27)13-24-23(28)15-6-4-14(5-7-15)21-19-10-8-16-12-17(29-2)9-11-18(16)22(19)26-25-21/h4-7,9,11-12H,3,8,10,13H2,1-2H3,(H,24,28)(H,25,26). The van der Waals surface area contributed by atoms with Crippen LogP contribution in [-0.2, 0) is 22.4 Å². The van der Waals surface area contributed by atoms with Gasteiger partial charge in [-0.05, 0) is 55.7 Å². The fraction of sp³-hybridized carbons (Fsp3) is 0.261. The van der Waals surface area contributed by atoms with Gasteiger partial charge in [0.2, 0.25) is 0 Å². The molecule has 1 aromatic heterocycles. The van der Waals surface area contributed by atoms with Crippen molar-refractivity contribution in [3.05, 3.63) is 59.2 Å². The second-order valence-electron chi connectivity index (χ2n) is 7.01. The molecular weight excluding hydrogens is 382 g/mol. The summed E-state index contributed by atoms with van der Waals surface area (Å²) in [6.07, 6.45) is 1.80. The Morgan fingerprint density at radius 3 is 2.67 bits per heavy atom. The third-order valence-electron chi connectivity index (χ3n) is 5.21. The van der Waals surface area contributed by atoms with E-state index >= 15 is 0 Å². The number of hydrogen-bond donors (Lipinski definition) is 2. The average molecular weight is 405 g/mol. The molecule has 0 unspecified atom stereocenters. The van der Waals surface area contributed by atoms with Crippen LogP contribution < -0.4 is 10.1 Å². The quantitative estimate of drug-likeness (QED) is 0.615. The van der Waals surface area contributed by atoms with Crippen molar-refractivity contribution in [2.75, 3.05) is 20.3 Å². The Kier molecular flexibility index (Phi) is 5.52. The van der Waals surface area contributed by atoms with Gasteiger partial charge in [0, 0.05) is 22.3 Å². The average Bonchev–Trinajstić information content (AvgIpc) is 3.22. The lowest BCUT2D eigenvalue weighted by atomic mass is 9.87. The lowest BCUT2D eigenvalue weighted by molar-refractivity contribution is -0.141. The van der Waals surface area contributed by atoms with Crippen LogP contribution in [0.5, 0.6) is 5.75 Å². The van der Waals surface area contributed by atoms with Crippen LogP contribution in [0.3, 0.4) is 0 Å². The highest BCUT2D eigenvalue weighted by atomic mass is 16.5. The van der Waals surface area contributed by atoms with E-state index in [1.54, 1.807) is 26.2 Å². The third kappa shape index (κ3) is 3.78. The van der Waals surface area contributed by atoms with Crippen molar-refractivity contribution in [3.63, 3.8) is 0 Å². The first kappa shape index (κ1) is 19.7. The normalized spacial score (nSPS) is 11.9. The number of nitrogens with zero attached hydrogens (tertiary/aromatic N) is 1. The minimum absolute atomic E-state index is 0.147. The largest absolute Gasteiger partial charge is 0.497 e. The Bertz CT molecular complexity index is 1090. The minimum Gasteiger partial charge on any atom is -0.497 e.